The van der Waals surface area contributed by atoms with Gasteiger partial charge < -0.3 is 25.0 Å². The van der Waals surface area contributed by atoms with Crippen molar-refractivity contribution in [3.05, 3.63) is 99.5 Å². The molecule has 2 aliphatic heterocycles. The lowest BCUT2D eigenvalue weighted by Crippen LogP contribution is -2.50. The fourth-order valence-corrected chi connectivity index (χ4v) is 6.15. The molecule has 3 aromatic carbocycles. The van der Waals surface area contributed by atoms with Crippen LogP contribution in [-0.4, -0.2) is 61.6 Å². The number of halogens is 2. The van der Waals surface area contributed by atoms with Crippen molar-refractivity contribution < 1.29 is 19.1 Å². The summed E-state index contributed by atoms with van der Waals surface area (Å²) >= 11 is 12.6. The molecule has 40 heavy (non-hydrogen) atoms. The number of carbonyl (C=O) groups excluding carboxylic acids is 2. The first-order chi connectivity index (χ1) is 19.3. The Kier molecular flexibility index (Phi) is 8.38. The number of ether oxygens (including phenoxy) is 2. The number of nitrogens with two attached hydrogens (primary N) is 1. The molecule has 2 heterocycles. The number of carbonyl (C=O) groups is 2. The number of amides is 2. The number of benzene rings is 3. The quantitative estimate of drug-likeness (QED) is 0.393. The normalized spacial score (nSPS) is 20.8. The lowest BCUT2D eigenvalue weighted by atomic mass is 9.72. The Balaban J connectivity index is 1.33. The Morgan fingerprint density at radius 2 is 1.70 bits per heavy atom. The average molecular weight is 583 g/mol. The van der Waals surface area contributed by atoms with Gasteiger partial charge in [0, 0.05) is 12.1 Å². The van der Waals surface area contributed by atoms with E-state index in [0.29, 0.717) is 53.7 Å². The number of hydrogen-bond donors (Lipinski definition) is 1. The summed E-state index contributed by atoms with van der Waals surface area (Å²) in [6, 6.07) is 22.4. The summed E-state index contributed by atoms with van der Waals surface area (Å²) in [5, 5.41) is 0.898. The van der Waals surface area contributed by atoms with Crippen molar-refractivity contribution in [1.82, 2.24) is 9.80 Å². The molecule has 2 saturated heterocycles. The topological polar surface area (TPSA) is 85.1 Å². The van der Waals surface area contributed by atoms with Crippen LogP contribution in [-0.2, 0) is 20.5 Å². The number of methoxy groups -OCH3 is 1. The van der Waals surface area contributed by atoms with E-state index in [4.69, 9.17) is 38.4 Å². The van der Waals surface area contributed by atoms with Crippen LogP contribution in [0, 0.1) is 0 Å². The number of likely N-dealkylation sites (tertiary alicyclic amines) is 1. The predicted molar refractivity (Wildman–Crippen MR) is 156 cm³/mol. The van der Waals surface area contributed by atoms with Gasteiger partial charge in [-0.25, -0.2) is 0 Å². The van der Waals surface area contributed by atoms with Gasteiger partial charge in [0.1, 0.15) is 18.1 Å². The van der Waals surface area contributed by atoms with Crippen LogP contribution in [0.3, 0.4) is 0 Å². The van der Waals surface area contributed by atoms with Crippen molar-refractivity contribution in [2.75, 3.05) is 40.0 Å². The number of primary amides is 1. The van der Waals surface area contributed by atoms with Crippen molar-refractivity contribution in [2.24, 2.45) is 5.73 Å². The minimum absolute atomic E-state index is 0.132. The third-order valence-electron chi connectivity index (χ3n) is 8.33. The average Bonchev–Trinajstić information content (AvgIpc) is 3.43. The minimum atomic E-state index is -0.763. The molecule has 9 heteroatoms. The third-order valence-corrected chi connectivity index (χ3v) is 9.07. The van der Waals surface area contributed by atoms with Gasteiger partial charge in [-0.2, -0.15) is 0 Å². The van der Waals surface area contributed by atoms with Gasteiger partial charge in [0.15, 0.2) is 0 Å². The first-order valence-electron chi connectivity index (χ1n) is 13.4. The number of hydrogen-bond acceptors (Lipinski definition) is 5. The van der Waals surface area contributed by atoms with Crippen LogP contribution in [0.25, 0.3) is 0 Å². The van der Waals surface area contributed by atoms with Crippen LogP contribution in [0.15, 0.2) is 72.8 Å². The minimum Gasteiger partial charge on any atom is -0.497 e. The molecule has 1 atom stereocenters. The van der Waals surface area contributed by atoms with Crippen molar-refractivity contribution in [3.8, 4) is 5.75 Å². The number of nitrogens with zero attached hydrogens (tertiary/aromatic N) is 2. The highest BCUT2D eigenvalue weighted by Gasteiger charge is 2.45. The van der Waals surface area contributed by atoms with Crippen LogP contribution < -0.4 is 10.5 Å². The Morgan fingerprint density at radius 3 is 2.38 bits per heavy atom. The van der Waals surface area contributed by atoms with Gasteiger partial charge in [-0.05, 0) is 73.8 Å². The standard InChI is InChI=1S/C31H33Cl2N3O4/c1-39-25-9-5-6-22(18-25)28(37)36-20-31(40-21-36,24-10-11-26(32)27(33)19-24)14-17-35-15-12-30(13-16-35,29(34)38)23-7-3-2-4-8-23/h2-11,18-19H,12-17,20-21H2,1H3,(H2,34,38)/t31-/m0/s1. The largest absolute Gasteiger partial charge is 0.497 e. The second-order valence-corrected chi connectivity index (χ2v) is 11.4. The van der Waals surface area contributed by atoms with Gasteiger partial charge in [0.05, 0.1) is 29.1 Å². The molecule has 2 N–H and O–H groups in total. The molecule has 2 amide bonds. The Hall–Kier alpha value is -3.10. The van der Waals surface area contributed by atoms with E-state index in [-0.39, 0.29) is 18.5 Å². The van der Waals surface area contributed by atoms with E-state index >= 15 is 0 Å². The summed E-state index contributed by atoms with van der Waals surface area (Å²) < 4.78 is 11.7. The zero-order chi connectivity index (χ0) is 28.3. The summed E-state index contributed by atoms with van der Waals surface area (Å²) in [6.45, 7) is 2.67. The van der Waals surface area contributed by atoms with E-state index in [0.717, 1.165) is 24.2 Å². The fraction of sp³-hybridized carbons (Fsp3) is 0.355. The maximum Gasteiger partial charge on any atom is 0.255 e. The van der Waals surface area contributed by atoms with Crippen LogP contribution >= 0.6 is 23.2 Å². The highest BCUT2D eigenvalue weighted by atomic mass is 35.5. The van der Waals surface area contributed by atoms with E-state index in [9.17, 15) is 9.59 Å². The molecule has 5 rings (SSSR count). The van der Waals surface area contributed by atoms with Crippen molar-refractivity contribution in [2.45, 2.75) is 30.3 Å². The van der Waals surface area contributed by atoms with Crippen LogP contribution in [0.1, 0.15) is 40.7 Å². The van der Waals surface area contributed by atoms with Crippen molar-refractivity contribution >= 4 is 35.0 Å². The van der Waals surface area contributed by atoms with Gasteiger partial charge in [0.2, 0.25) is 5.91 Å². The van der Waals surface area contributed by atoms with Gasteiger partial charge in [0.25, 0.3) is 5.91 Å². The molecule has 0 bridgehead atoms. The molecular weight excluding hydrogens is 549 g/mol. The highest BCUT2D eigenvalue weighted by Crippen LogP contribution is 2.40. The highest BCUT2D eigenvalue weighted by molar-refractivity contribution is 6.42. The molecule has 0 aliphatic carbocycles. The zero-order valence-electron chi connectivity index (χ0n) is 22.4. The molecule has 3 aromatic rings. The second-order valence-electron chi connectivity index (χ2n) is 10.5. The molecule has 0 unspecified atom stereocenters. The van der Waals surface area contributed by atoms with Gasteiger partial charge in [-0.3, -0.25) is 9.59 Å². The van der Waals surface area contributed by atoms with Gasteiger partial charge in [-0.15, -0.1) is 0 Å². The van der Waals surface area contributed by atoms with Gasteiger partial charge >= 0.3 is 0 Å². The Bertz CT molecular complexity index is 1380. The first-order valence-corrected chi connectivity index (χ1v) is 14.1. The lowest BCUT2D eigenvalue weighted by molar-refractivity contribution is -0.125. The fourth-order valence-electron chi connectivity index (χ4n) is 5.85. The maximum absolute atomic E-state index is 13.4. The van der Waals surface area contributed by atoms with Crippen LogP contribution in [0.4, 0.5) is 0 Å². The SMILES string of the molecule is COc1cccc(C(=O)N2CO[C@](CCN3CCC(C(N)=O)(c4ccccc4)CC3)(c3ccc(Cl)c(Cl)c3)C2)c1. The zero-order valence-corrected chi connectivity index (χ0v) is 24.0. The van der Waals surface area contributed by atoms with Crippen LogP contribution in [0.2, 0.25) is 10.0 Å². The molecule has 0 aromatic heterocycles. The molecule has 7 nitrogen and oxygen atoms in total. The van der Waals surface area contributed by atoms with Crippen LogP contribution in [0.5, 0.6) is 5.75 Å². The first kappa shape index (κ1) is 28.4. The second kappa shape index (κ2) is 11.8. The summed E-state index contributed by atoms with van der Waals surface area (Å²) in [6.07, 6.45) is 1.92. The van der Waals surface area contributed by atoms with E-state index in [1.165, 1.54) is 0 Å². The third kappa shape index (κ3) is 5.56. The van der Waals surface area contributed by atoms with Crippen molar-refractivity contribution in [3.63, 3.8) is 0 Å². The number of rotatable bonds is 8. The summed E-state index contributed by atoms with van der Waals surface area (Å²) in [4.78, 5) is 30.1. The van der Waals surface area contributed by atoms with E-state index in [1.54, 1.807) is 42.3 Å². The maximum atomic E-state index is 13.4. The monoisotopic (exact) mass is 581 g/mol. The van der Waals surface area contributed by atoms with E-state index < -0.39 is 11.0 Å². The van der Waals surface area contributed by atoms with Crippen molar-refractivity contribution in [1.29, 1.82) is 0 Å². The summed E-state index contributed by atoms with van der Waals surface area (Å²) in [5.74, 6) is 0.207. The smallest absolute Gasteiger partial charge is 0.255 e. The number of piperidine rings is 1. The van der Waals surface area contributed by atoms with E-state index in [1.807, 2.05) is 42.5 Å². The lowest BCUT2D eigenvalue weighted by Gasteiger charge is -2.41. The molecule has 0 saturated carbocycles. The Morgan fingerprint density at radius 1 is 0.950 bits per heavy atom. The Labute approximate surface area is 244 Å². The van der Waals surface area contributed by atoms with Gasteiger partial charge in [-0.1, -0.05) is 65.7 Å². The molecular formula is C31H33Cl2N3O4. The molecule has 2 fully saturated rings. The molecule has 2 aliphatic rings. The summed E-state index contributed by atoms with van der Waals surface area (Å²) in [7, 11) is 1.58. The summed E-state index contributed by atoms with van der Waals surface area (Å²) in [5.41, 5.74) is 6.89. The predicted octanol–water partition coefficient (Wildman–Crippen LogP) is 5.24. The van der Waals surface area contributed by atoms with E-state index in [2.05, 4.69) is 4.90 Å². The molecule has 0 spiro atoms. The molecule has 210 valence electrons. The molecule has 0 radical (unpaired) electrons.